The molecule has 6 heterocycles. The first-order valence-electron chi connectivity index (χ1n) is 15.1. The summed E-state index contributed by atoms with van der Waals surface area (Å²) >= 11 is 5.91. The minimum Gasteiger partial charge on any atom is -0.423 e. The number of nitrogens with zero attached hydrogens (tertiary/aromatic N) is 6. The van der Waals surface area contributed by atoms with Gasteiger partial charge in [0, 0.05) is 62.3 Å². The van der Waals surface area contributed by atoms with Crippen LogP contribution < -0.4 is 15.4 Å². The van der Waals surface area contributed by atoms with Crippen molar-refractivity contribution < 1.29 is 20.3 Å². The quantitative estimate of drug-likeness (QED) is 0.0716. The van der Waals surface area contributed by atoms with Gasteiger partial charge in [-0.1, -0.05) is 6.07 Å². The van der Waals surface area contributed by atoms with Crippen LogP contribution in [0.5, 0.6) is 0 Å². The van der Waals surface area contributed by atoms with E-state index in [2.05, 4.69) is 66.9 Å². The SMILES string of the molecule is Brc1nccc(Nc2cc(C3CC3)[nH]n2)n1.OCc1ccc(-c2nccc(Nc3cc(C4CC4)[nH]n3)n2)s1.OCc1ccc(B(O)O)s1. The van der Waals surface area contributed by atoms with Gasteiger partial charge in [0.2, 0.25) is 0 Å². The fraction of sp³-hybridized carbons (Fsp3) is 0.267. The van der Waals surface area contributed by atoms with Crippen molar-refractivity contribution >= 4 is 73.8 Å². The lowest BCUT2D eigenvalue weighted by atomic mass is 9.90. The Bertz CT molecular complexity index is 1920. The van der Waals surface area contributed by atoms with Gasteiger partial charge in [-0.3, -0.25) is 10.2 Å². The fourth-order valence-corrected chi connectivity index (χ4v) is 6.29. The third-order valence-electron chi connectivity index (χ3n) is 7.15. The van der Waals surface area contributed by atoms with Crippen LogP contribution in [-0.4, -0.2) is 67.7 Å². The van der Waals surface area contributed by atoms with Gasteiger partial charge >= 0.3 is 7.12 Å². The van der Waals surface area contributed by atoms with Gasteiger partial charge in [0.25, 0.3) is 0 Å². The maximum Gasteiger partial charge on any atom is 0.499 e. The van der Waals surface area contributed by atoms with Crippen molar-refractivity contribution in [3.8, 4) is 10.7 Å². The van der Waals surface area contributed by atoms with Crippen LogP contribution in [0.4, 0.5) is 23.3 Å². The van der Waals surface area contributed by atoms with Gasteiger partial charge in [-0.2, -0.15) is 10.2 Å². The van der Waals surface area contributed by atoms with Crippen LogP contribution in [0.15, 0.2) is 65.7 Å². The molecule has 0 spiro atoms. The minimum absolute atomic E-state index is 0.0415. The van der Waals surface area contributed by atoms with Crippen molar-refractivity contribution in [2.75, 3.05) is 10.6 Å². The predicted molar refractivity (Wildman–Crippen MR) is 189 cm³/mol. The number of rotatable bonds is 10. The van der Waals surface area contributed by atoms with E-state index >= 15 is 0 Å². The third kappa shape index (κ3) is 9.53. The highest BCUT2D eigenvalue weighted by atomic mass is 79.9. The molecule has 48 heavy (non-hydrogen) atoms. The molecule has 8 N–H and O–H groups in total. The third-order valence-corrected chi connectivity index (χ3v) is 9.71. The van der Waals surface area contributed by atoms with Gasteiger partial charge in [0.05, 0.1) is 18.1 Å². The van der Waals surface area contributed by atoms with Crippen LogP contribution in [0, 0.1) is 0 Å². The Morgan fingerprint density at radius 1 is 0.729 bits per heavy atom. The molecule has 14 nitrogen and oxygen atoms in total. The highest BCUT2D eigenvalue weighted by Gasteiger charge is 2.26. The molecule has 2 aliphatic rings. The van der Waals surface area contributed by atoms with E-state index in [9.17, 15) is 0 Å². The Morgan fingerprint density at radius 3 is 1.79 bits per heavy atom. The van der Waals surface area contributed by atoms with Gasteiger partial charge in [0.1, 0.15) is 11.6 Å². The van der Waals surface area contributed by atoms with Crippen molar-refractivity contribution in [2.24, 2.45) is 0 Å². The van der Waals surface area contributed by atoms with Crippen LogP contribution >= 0.6 is 38.6 Å². The summed E-state index contributed by atoms with van der Waals surface area (Å²) in [6, 6.07) is 14.8. The molecule has 0 unspecified atom stereocenters. The lowest BCUT2D eigenvalue weighted by Gasteiger charge is -2.03. The van der Waals surface area contributed by atoms with Crippen LogP contribution in [0.3, 0.4) is 0 Å². The molecular weight excluding hydrogens is 719 g/mol. The van der Waals surface area contributed by atoms with Crippen molar-refractivity contribution in [3.05, 3.63) is 86.8 Å². The normalized spacial score (nSPS) is 13.6. The van der Waals surface area contributed by atoms with Gasteiger partial charge in [-0.05, 0) is 71.9 Å². The number of aromatic amines is 2. The molecular formula is C30H32BBrN10O4S2. The second-order valence-electron chi connectivity index (χ2n) is 11.0. The summed E-state index contributed by atoms with van der Waals surface area (Å²) in [6.07, 6.45) is 8.42. The number of halogens is 1. The number of aromatic nitrogens is 8. The van der Waals surface area contributed by atoms with E-state index in [0.29, 0.717) is 33.0 Å². The lowest BCUT2D eigenvalue weighted by molar-refractivity contribution is 0.285. The van der Waals surface area contributed by atoms with E-state index in [4.69, 9.17) is 20.3 Å². The maximum atomic E-state index is 9.14. The molecule has 0 atom stereocenters. The number of aliphatic hydroxyl groups is 2. The highest BCUT2D eigenvalue weighted by Crippen LogP contribution is 2.40. The number of anilines is 4. The zero-order valence-corrected chi connectivity index (χ0v) is 28.6. The van der Waals surface area contributed by atoms with Gasteiger partial charge in [0.15, 0.2) is 22.2 Å². The first-order valence-corrected chi connectivity index (χ1v) is 17.5. The average Bonchev–Trinajstić information content (AvgIpc) is 3.86. The standard InChI is InChI=1S/C15H15N5OS.C10H10BrN5.C5H7BO3S/c21-8-10-3-4-12(22-10)15-16-6-5-13(18-15)17-14-7-11(19-20-14)9-1-2-9;11-10-12-4-3-8(14-10)13-9-5-7(15-16-9)6-1-2-6;7-3-4-1-2-5(10-4)6(8)9/h3-7,9,21H,1-2,8H2,(H2,16,17,18,19,20);3-6H,1-2H2,(H2,12,13,14,15,16);1-2,7-9H,3H2. The molecule has 248 valence electrons. The van der Waals surface area contributed by atoms with E-state index in [0.717, 1.165) is 32.1 Å². The number of H-pyrrole nitrogens is 2. The second kappa shape index (κ2) is 15.9. The summed E-state index contributed by atoms with van der Waals surface area (Å²) in [4.78, 5) is 19.5. The molecule has 0 saturated heterocycles. The van der Waals surface area contributed by atoms with E-state index < -0.39 is 7.12 Å². The van der Waals surface area contributed by atoms with Crippen LogP contribution in [0.1, 0.15) is 58.7 Å². The average molecular weight is 752 g/mol. The first kappa shape index (κ1) is 33.9. The van der Waals surface area contributed by atoms with E-state index in [-0.39, 0.29) is 13.2 Å². The summed E-state index contributed by atoms with van der Waals surface area (Å²) in [7, 11) is -1.41. The zero-order chi connectivity index (χ0) is 33.5. The number of nitrogens with one attached hydrogen (secondary N) is 4. The Labute approximate surface area is 292 Å². The van der Waals surface area contributed by atoms with Crippen molar-refractivity contribution in [1.29, 1.82) is 0 Å². The Morgan fingerprint density at radius 2 is 1.29 bits per heavy atom. The summed E-state index contributed by atoms with van der Waals surface area (Å²) in [5.41, 5.74) is 2.39. The molecule has 6 aromatic heterocycles. The summed E-state index contributed by atoms with van der Waals surface area (Å²) in [5, 5.41) is 55.8. The van der Waals surface area contributed by atoms with Gasteiger partial charge < -0.3 is 30.9 Å². The number of thiophene rings is 2. The smallest absolute Gasteiger partial charge is 0.423 e. The summed E-state index contributed by atoms with van der Waals surface area (Å²) < 4.78 is 1.03. The molecule has 0 aliphatic heterocycles. The Hall–Kier alpha value is -4.04. The molecule has 2 aliphatic carbocycles. The molecule has 0 radical (unpaired) electrons. The predicted octanol–water partition coefficient (Wildman–Crippen LogP) is 4.54. The molecule has 0 aromatic carbocycles. The first-order chi connectivity index (χ1) is 23.4. The molecule has 2 saturated carbocycles. The zero-order valence-electron chi connectivity index (χ0n) is 25.4. The van der Waals surface area contributed by atoms with Crippen LogP contribution in [-0.2, 0) is 13.2 Å². The molecule has 2 fully saturated rings. The molecule has 0 amide bonds. The molecule has 0 bridgehead atoms. The van der Waals surface area contributed by atoms with Crippen molar-refractivity contribution in [1.82, 2.24) is 40.3 Å². The Balaban J connectivity index is 0.000000135. The fourth-order valence-electron chi connectivity index (χ4n) is 4.42. The molecule has 6 aromatic rings. The lowest BCUT2D eigenvalue weighted by Crippen LogP contribution is -2.26. The van der Waals surface area contributed by atoms with Crippen LogP contribution in [0.25, 0.3) is 10.7 Å². The van der Waals surface area contributed by atoms with E-state index in [1.165, 1.54) is 59.7 Å². The van der Waals surface area contributed by atoms with Gasteiger partial charge in [-0.25, -0.2) is 19.9 Å². The second-order valence-corrected chi connectivity index (χ2v) is 14.0. The summed E-state index contributed by atoms with van der Waals surface area (Å²) in [6.45, 7) is -0.00277. The van der Waals surface area contributed by atoms with E-state index in [1.807, 2.05) is 30.3 Å². The van der Waals surface area contributed by atoms with Crippen molar-refractivity contribution in [2.45, 2.75) is 50.7 Å². The number of hydrogen-bond donors (Lipinski definition) is 8. The highest BCUT2D eigenvalue weighted by molar-refractivity contribution is 9.10. The van der Waals surface area contributed by atoms with Crippen molar-refractivity contribution in [3.63, 3.8) is 0 Å². The number of aliphatic hydroxyl groups excluding tert-OH is 2. The Kier molecular flexibility index (Phi) is 11.2. The summed E-state index contributed by atoms with van der Waals surface area (Å²) in [5.74, 6) is 4.98. The van der Waals surface area contributed by atoms with Crippen LogP contribution in [0.2, 0.25) is 0 Å². The topological polar surface area (TPSA) is 214 Å². The van der Waals surface area contributed by atoms with E-state index in [1.54, 1.807) is 30.6 Å². The number of hydrogen-bond acceptors (Lipinski definition) is 14. The monoisotopic (exact) mass is 750 g/mol. The van der Waals surface area contributed by atoms with Gasteiger partial charge in [-0.15, -0.1) is 22.7 Å². The molecule has 8 rings (SSSR count). The maximum absolute atomic E-state index is 9.14. The minimum atomic E-state index is -1.41. The largest absolute Gasteiger partial charge is 0.499 e. The molecule has 18 heteroatoms.